The van der Waals surface area contributed by atoms with Crippen LogP contribution in [0.3, 0.4) is 0 Å². The largest absolute Gasteiger partial charge is 0.313 e. The average molecular weight is 143 g/mol. The SMILES string of the molecule is CNC1(CN(C)C)CNC1. The van der Waals surface area contributed by atoms with Gasteiger partial charge in [0, 0.05) is 19.6 Å². The molecule has 0 unspecified atom stereocenters. The fourth-order valence-corrected chi connectivity index (χ4v) is 1.40. The molecule has 0 aromatic rings. The van der Waals surface area contributed by atoms with Crippen molar-refractivity contribution >= 4 is 0 Å². The van der Waals surface area contributed by atoms with Gasteiger partial charge in [-0.05, 0) is 21.1 Å². The highest BCUT2D eigenvalue weighted by atomic mass is 15.2. The van der Waals surface area contributed by atoms with Crippen molar-refractivity contribution in [3.8, 4) is 0 Å². The lowest BCUT2D eigenvalue weighted by Gasteiger charge is -2.44. The second-order valence-corrected chi connectivity index (χ2v) is 3.37. The Morgan fingerprint density at radius 1 is 1.50 bits per heavy atom. The van der Waals surface area contributed by atoms with E-state index in [1.165, 1.54) is 0 Å². The fourth-order valence-electron chi connectivity index (χ4n) is 1.40. The van der Waals surface area contributed by atoms with Crippen LogP contribution in [0.25, 0.3) is 0 Å². The number of rotatable bonds is 3. The van der Waals surface area contributed by atoms with Crippen LogP contribution in [0.5, 0.6) is 0 Å². The summed E-state index contributed by atoms with van der Waals surface area (Å²) in [4.78, 5) is 2.22. The summed E-state index contributed by atoms with van der Waals surface area (Å²) in [6, 6.07) is 0. The van der Waals surface area contributed by atoms with Crippen LogP contribution in [-0.4, -0.2) is 51.2 Å². The number of hydrogen-bond donors (Lipinski definition) is 2. The van der Waals surface area contributed by atoms with Crippen LogP contribution in [0.4, 0.5) is 0 Å². The maximum Gasteiger partial charge on any atom is 0.0558 e. The van der Waals surface area contributed by atoms with E-state index in [0.717, 1.165) is 19.6 Å². The Morgan fingerprint density at radius 3 is 2.20 bits per heavy atom. The predicted molar refractivity (Wildman–Crippen MR) is 43.2 cm³/mol. The third-order valence-electron chi connectivity index (χ3n) is 2.08. The van der Waals surface area contributed by atoms with Crippen LogP contribution in [0.15, 0.2) is 0 Å². The summed E-state index contributed by atoms with van der Waals surface area (Å²) in [6.07, 6.45) is 0. The summed E-state index contributed by atoms with van der Waals surface area (Å²) in [7, 11) is 6.25. The van der Waals surface area contributed by atoms with Gasteiger partial charge in [-0.25, -0.2) is 0 Å². The summed E-state index contributed by atoms with van der Waals surface area (Å²) in [6.45, 7) is 3.32. The summed E-state index contributed by atoms with van der Waals surface area (Å²) < 4.78 is 0. The summed E-state index contributed by atoms with van der Waals surface area (Å²) in [5.74, 6) is 0. The molecule has 0 atom stereocenters. The topological polar surface area (TPSA) is 27.3 Å². The normalized spacial score (nSPS) is 22.8. The van der Waals surface area contributed by atoms with E-state index in [0.29, 0.717) is 5.54 Å². The highest BCUT2D eigenvalue weighted by Crippen LogP contribution is 2.10. The molecule has 1 rings (SSSR count). The van der Waals surface area contributed by atoms with Crippen molar-refractivity contribution in [1.82, 2.24) is 15.5 Å². The second kappa shape index (κ2) is 2.86. The molecule has 10 heavy (non-hydrogen) atoms. The Kier molecular flexibility index (Phi) is 2.28. The Balaban J connectivity index is 2.33. The fraction of sp³-hybridized carbons (Fsp3) is 1.00. The molecule has 0 amide bonds. The molecule has 0 bridgehead atoms. The summed E-state index contributed by atoms with van der Waals surface area (Å²) in [5.41, 5.74) is 0.351. The number of nitrogens with zero attached hydrogens (tertiary/aromatic N) is 1. The molecule has 1 aliphatic heterocycles. The predicted octanol–water partition coefficient (Wildman–Crippen LogP) is -0.891. The smallest absolute Gasteiger partial charge is 0.0558 e. The van der Waals surface area contributed by atoms with E-state index in [-0.39, 0.29) is 0 Å². The van der Waals surface area contributed by atoms with Crippen LogP contribution < -0.4 is 10.6 Å². The van der Waals surface area contributed by atoms with Crippen molar-refractivity contribution in [2.24, 2.45) is 0 Å². The molecule has 60 valence electrons. The Morgan fingerprint density at radius 2 is 2.10 bits per heavy atom. The van der Waals surface area contributed by atoms with Gasteiger partial charge in [-0.3, -0.25) is 0 Å². The van der Waals surface area contributed by atoms with Crippen molar-refractivity contribution in [2.75, 3.05) is 40.8 Å². The Hall–Kier alpha value is -0.120. The van der Waals surface area contributed by atoms with E-state index >= 15 is 0 Å². The zero-order valence-electron chi connectivity index (χ0n) is 7.07. The molecular formula is C7H17N3. The Labute approximate surface area is 62.8 Å². The van der Waals surface area contributed by atoms with Crippen LogP contribution in [0, 0.1) is 0 Å². The molecule has 0 radical (unpaired) electrons. The second-order valence-electron chi connectivity index (χ2n) is 3.37. The van der Waals surface area contributed by atoms with Gasteiger partial charge in [0.1, 0.15) is 0 Å². The van der Waals surface area contributed by atoms with Gasteiger partial charge in [-0.1, -0.05) is 0 Å². The van der Waals surface area contributed by atoms with Crippen molar-refractivity contribution in [3.05, 3.63) is 0 Å². The minimum absolute atomic E-state index is 0.351. The summed E-state index contributed by atoms with van der Waals surface area (Å²) >= 11 is 0. The molecule has 1 saturated heterocycles. The van der Waals surface area contributed by atoms with E-state index in [4.69, 9.17) is 0 Å². The first-order chi connectivity index (χ1) is 4.68. The molecule has 3 nitrogen and oxygen atoms in total. The molecule has 1 fully saturated rings. The lowest BCUT2D eigenvalue weighted by atomic mass is 9.92. The molecule has 0 spiro atoms. The summed E-state index contributed by atoms with van der Waals surface area (Å²) in [5, 5.41) is 6.61. The zero-order valence-corrected chi connectivity index (χ0v) is 7.07. The van der Waals surface area contributed by atoms with Crippen LogP contribution in [0.2, 0.25) is 0 Å². The molecule has 0 aromatic carbocycles. The van der Waals surface area contributed by atoms with Crippen molar-refractivity contribution in [3.63, 3.8) is 0 Å². The Bertz CT molecular complexity index is 102. The van der Waals surface area contributed by atoms with Gasteiger partial charge in [0.2, 0.25) is 0 Å². The van der Waals surface area contributed by atoms with Crippen molar-refractivity contribution in [1.29, 1.82) is 0 Å². The minimum atomic E-state index is 0.351. The third kappa shape index (κ3) is 1.48. The highest BCUT2D eigenvalue weighted by molar-refractivity contribution is 5.01. The van der Waals surface area contributed by atoms with E-state index in [1.807, 2.05) is 7.05 Å². The maximum absolute atomic E-state index is 3.34. The van der Waals surface area contributed by atoms with Crippen LogP contribution in [0.1, 0.15) is 0 Å². The van der Waals surface area contributed by atoms with Gasteiger partial charge in [0.25, 0.3) is 0 Å². The van der Waals surface area contributed by atoms with E-state index < -0.39 is 0 Å². The average Bonchev–Trinajstić information content (AvgIpc) is 1.78. The first-order valence-corrected chi connectivity index (χ1v) is 3.73. The van der Waals surface area contributed by atoms with Gasteiger partial charge in [-0.15, -0.1) is 0 Å². The lowest BCUT2D eigenvalue weighted by molar-refractivity contribution is 0.171. The monoisotopic (exact) mass is 143 g/mol. The third-order valence-corrected chi connectivity index (χ3v) is 2.08. The molecule has 2 N–H and O–H groups in total. The van der Waals surface area contributed by atoms with Gasteiger partial charge in [0.15, 0.2) is 0 Å². The van der Waals surface area contributed by atoms with Crippen molar-refractivity contribution < 1.29 is 0 Å². The molecule has 3 heteroatoms. The molecule has 1 heterocycles. The van der Waals surface area contributed by atoms with Gasteiger partial charge < -0.3 is 15.5 Å². The first kappa shape index (κ1) is 7.98. The van der Waals surface area contributed by atoms with Gasteiger partial charge >= 0.3 is 0 Å². The molecule has 0 saturated carbocycles. The van der Waals surface area contributed by atoms with Gasteiger partial charge in [-0.2, -0.15) is 0 Å². The molecule has 1 aliphatic rings. The van der Waals surface area contributed by atoms with Crippen LogP contribution >= 0.6 is 0 Å². The van der Waals surface area contributed by atoms with Crippen molar-refractivity contribution in [2.45, 2.75) is 5.54 Å². The minimum Gasteiger partial charge on any atom is -0.313 e. The maximum atomic E-state index is 3.34. The zero-order chi connectivity index (χ0) is 7.61. The number of likely N-dealkylation sites (N-methyl/N-ethyl adjacent to an activating group) is 2. The van der Waals surface area contributed by atoms with E-state index in [1.54, 1.807) is 0 Å². The standard InChI is InChI=1S/C7H17N3/c1-8-7(4-9-5-7)6-10(2)3/h8-9H,4-6H2,1-3H3. The van der Waals surface area contributed by atoms with E-state index in [2.05, 4.69) is 29.6 Å². The number of hydrogen-bond acceptors (Lipinski definition) is 3. The quantitative estimate of drug-likeness (QED) is 0.536. The van der Waals surface area contributed by atoms with E-state index in [9.17, 15) is 0 Å². The number of nitrogens with one attached hydrogen (secondary N) is 2. The molecule has 0 aliphatic carbocycles. The highest BCUT2D eigenvalue weighted by Gasteiger charge is 2.35. The molecular weight excluding hydrogens is 126 g/mol. The lowest BCUT2D eigenvalue weighted by Crippen LogP contribution is -2.70. The first-order valence-electron chi connectivity index (χ1n) is 3.73. The molecule has 0 aromatic heterocycles. The van der Waals surface area contributed by atoms with Gasteiger partial charge in [0.05, 0.1) is 5.54 Å². The van der Waals surface area contributed by atoms with Crippen LogP contribution in [-0.2, 0) is 0 Å².